The van der Waals surface area contributed by atoms with Crippen molar-refractivity contribution in [2.45, 2.75) is 4.90 Å². The average Bonchev–Trinajstić information content (AvgIpc) is 2.55. The number of methoxy groups -OCH3 is 1. The molecule has 0 aliphatic heterocycles. The van der Waals surface area contributed by atoms with Crippen LogP contribution >= 0.6 is 11.6 Å². The van der Waals surface area contributed by atoms with Gasteiger partial charge in [0.25, 0.3) is 15.7 Å². The molecule has 10 heteroatoms. The zero-order chi connectivity index (χ0) is 17.9. The Hall–Kier alpha value is -2.65. The first kappa shape index (κ1) is 17.7. The Morgan fingerprint density at radius 3 is 2.58 bits per heavy atom. The molecule has 0 radical (unpaired) electrons. The van der Waals surface area contributed by atoms with Crippen molar-refractivity contribution in [1.29, 1.82) is 0 Å². The first-order chi connectivity index (χ1) is 11.2. The van der Waals surface area contributed by atoms with Gasteiger partial charge < -0.3 is 4.74 Å². The zero-order valence-electron chi connectivity index (χ0n) is 12.2. The lowest BCUT2D eigenvalue weighted by atomic mass is 10.2. The van der Waals surface area contributed by atoms with Gasteiger partial charge in [0, 0.05) is 17.8 Å². The normalized spacial score (nSPS) is 10.9. The standard InChI is InChI=1S/C14H11ClN2O6S/c1-23-14(18)12-7-9(5-6-13(12)15)16-24(21,22)11-4-2-3-10(8-11)17(19)20/h2-8,16H,1H3. The van der Waals surface area contributed by atoms with Crippen LogP contribution in [0.2, 0.25) is 5.02 Å². The lowest BCUT2D eigenvalue weighted by molar-refractivity contribution is -0.385. The number of nitrogens with one attached hydrogen (secondary N) is 1. The van der Waals surface area contributed by atoms with Crippen LogP contribution in [0.5, 0.6) is 0 Å². The molecule has 0 aliphatic rings. The van der Waals surface area contributed by atoms with Crippen LogP contribution in [-0.4, -0.2) is 26.4 Å². The molecular formula is C14H11ClN2O6S. The van der Waals surface area contributed by atoms with Gasteiger partial charge in [-0.2, -0.15) is 0 Å². The van der Waals surface area contributed by atoms with Crippen LogP contribution in [0.1, 0.15) is 10.4 Å². The number of hydrogen-bond donors (Lipinski definition) is 1. The van der Waals surface area contributed by atoms with Gasteiger partial charge in [0.05, 0.1) is 27.5 Å². The van der Waals surface area contributed by atoms with Crippen LogP contribution in [-0.2, 0) is 14.8 Å². The van der Waals surface area contributed by atoms with Crippen LogP contribution in [0.3, 0.4) is 0 Å². The Kier molecular flexibility index (Phi) is 5.05. The van der Waals surface area contributed by atoms with Gasteiger partial charge in [0.15, 0.2) is 0 Å². The molecule has 126 valence electrons. The predicted octanol–water partition coefficient (Wildman–Crippen LogP) is 2.84. The van der Waals surface area contributed by atoms with Gasteiger partial charge in [-0.1, -0.05) is 17.7 Å². The van der Waals surface area contributed by atoms with E-state index in [1.54, 1.807) is 0 Å². The van der Waals surface area contributed by atoms with Crippen molar-refractivity contribution in [1.82, 2.24) is 0 Å². The smallest absolute Gasteiger partial charge is 0.339 e. The van der Waals surface area contributed by atoms with Crippen molar-refractivity contribution in [3.63, 3.8) is 0 Å². The molecule has 0 unspecified atom stereocenters. The van der Waals surface area contributed by atoms with E-state index in [2.05, 4.69) is 9.46 Å². The Balaban J connectivity index is 2.38. The first-order valence-electron chi connectivity index (χ1n) is 6.40. The monoisotopic (exact) mass is 370 g/mol. The Labute approximate surface area is 142 Å². The summed E-state index contributed by atoms with van der Waals surface area (Å²) in [6.45, 7) is 0. The number of nitro groups is 1. The van der Waals surface area contributed by atoms with Gasteiger partial charge in [-0.3, -0.25) is 14.8 Å². The number of nitrogens with zero attached hydrogens (tertiary/aromatic N) is 1. The maximum absolute atomic E-state index is 12.3. The highest BCUT2D eigenvalue weighted by molar-refractivity contribution is 7.92. The number of sulfonamides is 1. The Morgan fingerprint density at radius 1 is 1.25 bits per heavy atom. The van der Waals surface area contributed by atoms with Crippen LogP contribution in [0.4, 0.5) is 11.4 Å². The largest absolute Gasteiger partial charge is 0.465 e. The lowest BCUT2D eigenvalue weighted by Crippen LogP contribution is -2.14. The highest BCUT2D eigenvalue weighted by atomic mass is 35.5. The number of carbonyl (C=O) groups is 1. The third kappa shape index (κ3) is 3.81. The van der Waals surface area contributed by atoms with Crippen molar-refractivity contribution in [3.05, 3.63) is 63.2 Å². The van der Waals surface area contributed by atoms with Crippen molar-refractivity contribution in [3.8, 4) is 0 Å². The number of anilines is 1. The molecule has 8 nitrogen and oxygen atoms in total. The third-order valence-electron chi connectivity index (χ3n) is 2.96. The SMILES string of the molecule is COC(=O)c1cc(NS(=O)(=O)c2cccc([N+](=O)[O-])c2)ccc1Cl. The van der Waals surface area contributed by atoms with E-state index >= 15 is 0 Å². The van der Waals surface area contributed by atoms with E-state index < -0.39 is 20.9 Å². The second-order valence-corrected chi connectivity index (χ2v) is 6.64. The maximum Gasteiger partial charge on any atom is 0.339 e. The summed E-state index contributed by atoms with van der Waals surface area (Å²) in [5.41, 5.74) is -0.311. The molecule has 0 saturated heterocycles. The molecule has 0 amide bonds. The number of halogens is 1. The highest BCUT2D eigenvalue weighted by Gasteiger charge is 2.19. The molecular weight excluding hydrogens is 360 g/mol. The summed E-state index contributed by atoms with van der Waals surface area (Å²) in [5, 5.41) is 10.9. The molecule has 0 spiro atoms. The minimum Gasteiger partial charge on any atom is -0.465 e. The molecule has 0 saturated carbocycles. The molecule has 2 aromatic carbocycles. The minimum atomic E-state index is -4.08. The van der Waals surface area contributed by atoms with E-state index in [1.165, 1.54) is 43.5 Å². The van der Waals surface area contributed by atoms with Crippen LogP contribution < -0.4 is 4.72 Å². The maximum atomic E-state index is 12.3. The number of carbonyl (C=O) groups excluding carboxylic acids is 1. The van der Waals surface area contributed by atoms with Crippen molar-refractivity contribution in [2.75, 3.05) is 11.8 Å². The molecule has 0 aromatic heterocycles. The molecule has 2 aromatic rings. The number of hydrogen-bond acceptors (Lipinski definition) is 6. The zero-order valence-corrected chi connectivity index (χ0v) is 13.8. The van der Waals surface area contributed by atoms with Gasteiger partial charge in [-0.05, 0) is 24.3 Å². The Morgan fingerprint density at radius 2 is 1.96 bits per heavy atom. The van der Waals surface area contributed by atoms with E-state index in [1.807, 2.05) is 0 Å². The van der Waals surface area contributed by atoms with E-state index in [-0.39, 0.29) is 26.9 Å². The topological polar surface area (TPSA) is 116 Å². The summed E-state index contributed by atoms with van der Waals surface area (Å²) in [4.78, 5) is 21.4. The molecule has 0 atom stereocenters. The van der Waals surface area contributed by atoms with Crippen molar-refractivity contribution >= 4 is 39.0 Å². The van der Waals surface area contributed by atoms with Gasteiger partial charge in [-0.15, -0.1) is 0 Å². The lowest BCUT2D eigenvalue weighted by Gasteiger charge is -2.10. The average molecular weight is 371 g/mol. The second kappa shape index (κ2) is 6.85. The highest BCUT2D eigenvalue weighted by Crippen LogP contribution is 2.24. The number of rotatable bonds is 5. The summed E-state index contributed by atoms with van der Waals surface area (Å²) in [6, 6.07) is 8.48. The van der Waals surface area contributed by atoms with E-state index in [4.69, 9.17) is 11.6 Å². The van der Waals surface area contributed by atoms with Crippen molar-refractivity contribution in [2.24, 2.45) is 0 Å². The van der Waals surface area contributed by atoms with Gasteiger partial charge in [0.2, 0.25) is 0 Å². The fourth-order valence-corrected chi connectivity index (χ4v) is 3.12. The van der Waals surface area contributed by atoms with Gasteiger partial charge in [-0.25, -0.2) is 13.2 Å². The van der Waals surface area contributed by atoms with Gasteiger partial charge in [0.1, 0.15) is 0 Å². The molecule has 0 bridgehead atoms. The second-order valence-electron chi connectivity index (χ2n) is 4.55. The molecule has 24 heavy (non-hydrogen) atoms. The molecule has 0 heterocycles. The summed E-state index contributed by atoms with van der Waals surface area (Å²) >= 11 is 5.86. The fourth-order valence-electron chi connectivity index (χ4n) is 1.83. The summed E-state index contributed by atoms with van der Waals surface area (Å²) in [7, 11) is -2.92. The number of nitro benzene ring substituents is 1. The summed E-state index contributed by atoms with van der Waals surface area (Å²) in [5.74, 6) is -0.726. The van der Waals surface area contributed by atoms with Crippen LogP contribution in [0.15, 0.2) is 47.4 Å². The molecule has 0 fully saturated rings. The first-order valence-corrected chi connectivity index (χ1v) is 8.26. The number of ether oxygens (including phenoxy) is 1. The van der Waals surface area contributed by atoms with E-state index in [9.17, 15) is 23.3 Å². The number of esters is 1. The van der Waals surface area contributed by atoms with E-state index in [0.717, 1.165) is 6.07 Å². The minimum absolute atomic E-state index is 0.0154. The molecule has 1 N–H and O–H groups in total. The van der Waals surface area contributed by atoms with Crippen molar-refractivity contribution < 1.29 is 22.9 Å². The van der Waals surface area contributed by atoms with Crippen LogP contribution in [0.25, 0.3) is 0 Å². The summed E-state index contributed by atoms with van der Waals surface area (Å²) in [6.07, 6.45) is 0. The third-order valence-corrected chi connectivity index (χ3v) is 4.67. The van der Waals surface area contributed by atoms with Gasteiger partial charge >= 0.3 is 5.97 Å². The molecule has 0 aliphatic carbocycles. The molecule has 2 rings (SSSR count). The quantitative estimate of drug-likeness (QED) is 0.491. The van der Waals surface area contributed by atoms with Crippen LogP contribution in [0, 0.1) is 10.1 Å². The predicted molar refractivity (Wildman–Crippen MR) is 86.7 cm³/mol. The van der Waals surface area contributed by atoms with E-state index in [0.29, 0.717) is 0 Å². The Bertz CT molecular complexity index is 913. The fraction of sp³-hybridized carbons (Fsp3) is 0.0714. The summed E-state index contributed by atoms with van der Waals surface area (Å²) < 4.78 is 31.4. The number of benzene rings is 2. The number of non-ortho nitro benzene ring substituents is 1.